The van der Waals surface area contributed by atoms with Gasteiger partial charge in [-0.25, -0.2) is 0 Å². The number of nitrogens with zero attached hydrogens (tertiary/aromatic N) is 1. The Labute approximate surface area is 132 Å². The molecule has 1 heterocycles. The molecule has 0 unspecified atom stereocenters. The molecule has 0 aromatic heterocycles. The minimum Gasteiger partial charge on any atom is -0.398 e. The van der Waals surface area contributed by atoms with E-state index in [0.29, 0.717) is 17.8 Å². The number of halogens is 2. The van der Waals surface area contributed by atoms with Gasteiger partial charge in [0.2, 0.25) is 0 Å². The Bertz CT molecular complexity index is 409. The van der Waals surface area contributed by atoms with E-state index in [1.54, 1.807) is 12.1 Å². The number of carbonyl (C=O) groups excluding carboxylic acids is 1. The first-order valence-corrected chi connectivity index (χ1v) is 6.62. The van der Waals surface area contributed by atoms with Crippen molar-refractivity contribution in [1.29, 1.82) is 0 Å². The van der Waals surface area contributed by atoms with Crippen LogP contribution in [0, 0.1) is 0 Å². The van der Waals surface area contributed by atoms with Crippen molar-refractivity contribution in [3.63, 3.8) is 0 Å². The van der Waals surface area contributed by atoms with Crippen molar-refractivity contribution in [3.05, 3.63) is 29.8 Å². The van der Waals surface area contributed by atoms with Gasteiger partial charge in [-0.05, 0) is 38.1 Å². The zero-order chi connectivity index (χ0) is 12.8. The van der Waals surface area contributed by atoms with Crippen molar-refractivity contribution in [2.75, 3.05) is 31.9 Å². The average Bonchev–Trinajstić information content (AvgIpc) is 2.40. The predicted octanol–water partition coefficient (Wildman–Crippen LogP) is 2.33. The normalized spacial score (nSPS) is 14.8. The quantitative estimate of drug-likeness (QED) is 0.837. The summed E-state index contributed by atoms with van der Waals surface area (Å²) < 4.78 is 0. The molecule has 0 aliphatic carbocycles. The molecule has 1 fully saturated rings. The standard InChI is InChI=1S/C14H21N3O.2ClH/c15-13-7-3-2-6-12(13)14(18)16-8-11-17-9-4-1-5-10-17;;/h2-3,6-7H,1,4-5,8-11,15H2,(H,16,18);2*1H. The van der Waals surface area contributed by atoms with E-state index in [-0.39, 0.29) is 30.7 Å². The topological polar surface area (TPSA) is 58.4 Å². The van der Waals surface area contributed by atoms with Crippen LogP contribution in [0.15, 0.2) is 24.3 Å². The minimum absolute atomic E-state index is 0. The number of rotatable bonds is 4. The Morgan fingerprint density at radius 2 is 1.80 bits per heavy atom. The Kier molecular flexibility index (Phi) is 9.38. The Morgan fingerprint density at radius 1 is 1.15 bits per heavy atom. The molecule has 1 aliphatic heterocycles. The van der Waals surface area contributed by atoms with Crippen LogP contribution in [-0.2, 0) is 0 Å². The maximum Gasteiger partial charge on any atom is 0.253 e. The summed E-state index contributed by atoms with van der Waals surface area (Å²) in [4.78, 5) is 14.3. The molecule has 1 amide bonds. The van der Waals surface area contributed by atoms with Gasteiger partial charge in [-0.15, -0.1) is 24.8 Å². The summed E-state index contributed by atoms with van der Waals surface area (Å²) in [7, 11) is 0. The summed E-state index contributed by atoms with van der Waals surface area (Å²) >= 11 is 0. The first-order valence-electron chi connectivity index (χ1n) is 6.62. The maximum absolute atomic E-state index is 11.9. The average molecular weight is 320 g/mol. The van der Waals surface area contributed by atoms with Gasteiger partial charge < -0.3 is 16.0 Å². The van der Waals surface area contributed by atoms with E-state index < -0.39 is 0 Å². The largest absolute Gasteiger partial charge is 0.398 e. The number of likely N-dealkylation sites (tertiary alicyclic amines) is 1. The molecule has 1 aromatic carbocycles. The maximum atomic E-state index is 11.9. The molecular weight excluding hydrogens is 297 g/mol. The predicted molar refractivity (Wildman–Crippen MR) is 88.0 cm³/mol. The molecule has 3 N–H and O–H groups in total. The lowest BCUT2D eigenvalue weighted by molar-refractivity contribution is 0.0947. The van der Waals surface area contributed by atoms with Crippen molar-refractivity contribution < 1.29 is 4.79 Å². The highest BCUT2D eigenvalue weighted by Gasteiger charge is 2.11. The van der Waals surface area contributed by atoms with Crippen molar-refractivity contribution >= 4 is 36.4 Å². The molecule has 6 heteroatoms. The van der Waals surface area contributed by atoms with Crippen LogP contribution in [0.2, 0.25) is 0 Å². The number of hydrogen-bond acceptors (Lipinski definition) is 3. The van der Waals surface area contributed by atoms with E-state index in [2.05, 4.69) is 10.2 Å². The van der Waals surface area contributed by atoms with Crippen LogP contribution in [0.1, 0.15) is 29.6 Å². The van der Waals surface area contributed by atoms with E-state index in [1.165, 1.54) is 19.3 Å². The number of para-hydroxylation sites is 1. The number of carbonyl (C=O) groups is 1. The van der Waals surface area contributed by atoms with E-state index in [1.807, 2.05) is 12.1 Å². The number of amides is 1. The summed E-state index contributed by atoms with van der Waals surface area (Å²) in [5.41, 5.74) is 6.87. The van der Waals surface area contributed by atoms with Crippen LogP contribution in [-0.4, -0.2) is 37.0 Å². The highest BCUT2D eigenvalue weighted by atomic mass is 35.5. The second-order valence-electron chi connectivity index (χ2n) is 4.75. The fraction of sp³-hybridized carbons (Fsp3) is 0.500. The minimum atomic E-state index is -0.0786. The third-order valence-corrected chi connectivity index (χ3v) is 3.37. The van der Waals surface area contributed by atoms with Crippen LogP contribution in [0.3, 0.4) is 0 Å². The van der Waals surface area contributed by atoms with E-state index in [9.17, 15) is 4.79 Å². The number of anilines is 1. The van der Waals surface area contributed by atoms with Crippen molar-refractivity contribution in [2.45, 2.75) is 19.3 Å². The molecule has 0 spiro atoms. The lowest BCUT2D eigenvalue weighted by atomic mass is 10.1. The van der Waals surface area contributed by atoms with Crippen LogP contribution in [0.4, 0.5) is 5.69 Å². The van der Waals surface area contributed by atoms with Gasteiger partial charge >= 0.3 is 0 Å². The zero-order valence-corrected chi connectivity index (χ0v) is 13.1. The number of nitrogen functional groups attached to an aromatic ring is 1. The SMILES string of the molecule is Cl.Cl.Nc1ccccc1C(=O)NCCN1CCCCC1. The third-order valence-electron chi connectivity index (χ3n) is 3.37. The molecule has 1 saturated heterocycles. The lowest BCUT2D eigenvalue weighted by Crippen LogP contribution is -2.37. The first kappa shape index (κ1) is 19.0. The van der Waals surface area contributed by atoms with Gasteiger partial charge in [0.05, 0.1) is 5.56 Å². The summed E-state index contributed by atoms with van der Waals surface area (Å²) in [5.74, 6) is -0.0786. The molecular formula is C14H23Cl2N3O. The number of nitrogens with one attached hydrogen (secondary N) is 1. The van der Waals surface area contributed by atoms with Crippen molar-refractivity contribution in [1.82, 2.24) is 10.2 Å². The smallest absolute Gasteiger partial charge is 0.253 e. The van der Waals surface area contributed by atoms with Gasteiger partial charge in [-0.2, -0.15) is 0 Å². The number of hydrogen-bond donors (Lipinski definition) is 2. The monoisotopic (exact) mass is 319 g/mol. The molecule has 20 heavy (non-hydrogen) atoms. The molecule has 2 rings (SSSR count). The highest BCUT2D eigenvalue weighted by Crippen LogP contribution is 2.10. The van der Waals surface area contributed by atoms with Crippen LogP contribution >= 0.6 is 24.8 Å². The van der Waals surface area contributed by atoms with E-state index >= 15 is 0 Å². The molecule has 1 aromatic rings. The van der Waals surface area contributed by atoms with Gasteiger partial charge in [0, 0.05) is 18.8 Å². The second kappa shape index (κ2) is 9.86. The Morgan fingerprint density at radius 3 is 2.45 bits per heavy atom. The van der Waals surface area contributed by atoms with Gasteiger partial charge in [0.1, 0.15) is 0 Å². The molecule has 0 radical (unpaired) electrons. The molecule has 0 saturated carbocycles. The first-order chi connectivity index (χ1) is 8.77. The Hall–Kier alpha value is -0.970. The summed E-state index contributed by atoms with van der Waals surface area (Å²) in [6, 6.07) is 7.17. The second-order valence-corrected chi connectivity index (χ2v) is 4.75. The zero-order valence-electron chi connectivity index (χ0n) is 11.5. The molecule has 0 atom stereocenters. The number of nitrogens with two attached hydrogens (primary N) is 1. The molecule has 0 bridgehead atoms. The number of benzene rings is 1. The van der Waals surface area contributed by atoms with Gasteiger partial charge in [-0.1, -0.05) is 18.6 Å². The van der Waals surface area contributed by atoms with Crippen molar-refractivity contribution in [3.8, 4) is 0 Å². The van der Waals surface area contributed by atoms with Crippen LogP contribution in [0.25, 0.3) is 0 Å². The summed E-state index contributed by atoms with van der Waals surface area (Å²) in [6.45, 7) is 3.93. The third kappa shape index (κ3) is 5.57. The van der Waals surface area contributed by atoms with Crippen LogP contribution < -0.4 is 11.1 Å². The summed E-state index contributed by atoms with van der Waals surface area (Å²) in [6.07, 6.45) is 3.89. The van der Waals surface area contributed by atoms with E-state index in [0.717, 1.165) is 19.6 Å². The fourth-order valence-electron chi connectivity index (χ4n) is 2.31. The summed E-state index contributed by atoms with van der Waals surface area (Å²) in [5, 5.41) is 2.93. The molecule has 114 valence electrons. The van der Waals surface area contributed by atoms with E-state index in [4.69, 9.17) is 5.73 Å². The lowest BCUT2D eigenvalue weighted by Gasteiger charge is -2.26. The fourth-order valence-corrected chi connectivity index (χ4v) is 2.31. The van der Waals surface area contributed by atoms with Crippen LogP contribution in [0.5, 0.6) is 0 Å². The van der Waals surface area contributed by atoms with Gasteiger partial charge in [0.15, 0.2) is 0 Å². The number of piperidine rings is 1. The van der Waals surface area contributed by atoms with Gasteiger partial charge in [0.25, 0.3) is 5.91 Å². The van der Waals surface area contributed by atoms with Gasteiger partial charge in [-0.3, -0.25) is 4.79 Å². The molecule has 1 aliphatic rings. The van der Waals surface area contributed by atoms with Crippen molar-refractivity contribution in [2.24, 2.45) is 0 Å². The molecule has 4 nitrogen and oxygen atoms in total. The Balaban J connectivity index is 0.00000180. The highest BCUT2D eigenvalue weighted by molar-refractivity contribution is 5.99.